The molecule has 0 bridgehead atoms. The van der Waals surface area contributed by atoms with Gasteiger partial charge < -0.3 is 30.6 Å². The highest BCUT2D eigenvalue weighted by molar-refractivity contribution is 7.87. The number of aliphatic hydroxyl groups excluding tert-OH is 1. The fourth-order valence-corrected chi connectivity index (χ4v) is 4.80. The number of aldehydes is 1. The van der Waals surface area contributed by atoms with E-state index in [4.69, 9.17) is 4.74 Å². The van der Waals surface area contributed by atoms with Gasteiger partial charge in [0, 0.05) is 26.6 Å². The first-order chi connectivity index (χ1) is 18.1. The zero-order valence-corrected chi connectivity index (χ0v) is 24.2. The van der Waals surface area contributed by atoms with Crippen molar-refractivity contribution in [3.8, 4) is 0 Å². The number of rotatable bonds is 14. The molecule has 0 aromatic rings. The number of nitrogens with zero attached hydrogens (tertiary/aromatic N) is 1. The van der Waals surface area contributed by atoms with Gasteiger partial charge in [0.1, 0.15) is 17.4 Å². The van der Waals surface area contributed by atoms with Crippen molar-refractivity contribution in [1.29, 1.82) is 0 Å². The van der Waals surface area contributed by atoms with Crippen LogP contribution in [0, 0.1) is 5.92 Å². The highest BCUT2D eigenvalue weighted by Crippen LogP contribution is 2.45. The number of nitrogens with one attached hydrogen (secondary N) is 4. The van der Waals surface area contributed by atoms with E-state index in [1.165, 1.54) is 14.1 Å². The van der Waals surface area contributed by atoms with Gasteiger partial charge in [-0.3, -0.25) is 9.59 Å². The Morgan fingerprint density at radius 2 is 1.90 bits per heavy atom. The van der Waals surface area contributed by atoms with Crippen LogP contribution in [0.4, 0.5) is 4.79 Å². The van der Waals surface area contributed by atoms with E-state index >= 15 is 0 Å². The number of alkyl carbamates (subject to hydrolysis) is 1. The highest BCUT2D eigenvalue weighted by Gasteiger charge is 2.61. The summed E-state index contributed by atoms with van der Waals surface area (Å²) in [4.78, 5) is 48.8. The van der Waals surface area contributed by atoms with Crippen LogP contribution in [0.5, 0.6) is 0 Å². The Kier molecular flexibility index (Phi) is 11.5. The van der Waals surface area contributed by atoms with Crippen LogP contribution in [0.1, 0.15) is 65.7 Å². The molecular formula is C25H43N5O8S. The molecule has 2 aliphatic rings. The van der Waals surface area contributed by atoms with Crippen molar-refractivity contribution >= 4 is 34.4 Å². The zero-order chi connectivity index (χ0) is 29.4. The third-order valence-corrected chi connectivity index (χ3v) is 7.92. The van der Waals surface area contributed by atoms with Crippen LogP contribution in [-0.2, 0) is 29.3 Å². The molecule has 2 fully saturated rings. The number of carbonyl (C=O) groups is 4. The van der Waals surface area contributed by atoms with Crippen molar-refractivity contribution in [2.24, 2.45) is 5.92 Å². The second kappa shape index (κ2) is 13.7. The maximum atomic E-state index is 13.0. The lowest BCUT2D eigenvalue weighted by molar-refractivity contribution is -0.130. The van der Waals surface area contributed by atoms with Gasteiger partial charge in [-0.2, -0.15) is 12.7 Å². The predicted octanol–water partition coefficient (Wildman–Crippen LogP) is 0.106. The third kappa shape index (κ3) is 10.2. The van der Waals surface area contributed by atoms with Crippen molar-refractivity contribution in [2.75, 3.05) is 20.6 Å². The molecule has 39 heavy (non-hydrogen) atoms. The molecule has 3 amide bonds. The maximum absolute atomic E-state index is 13.0. The standard InChI is InChI=1S/C25H43N5O8S/c1-24(2,3)38-23(35)27-18(16-31)12-10-8-6-7-9-11-17-14-25(17,22(34)29-39(36,37)30(4)5)28-21(33)20-13-19(32)15-26-20/h9,11,16-20,26,32H,6-8,10,12-15H2,1-5H3,(H,27,35)(H,28,33)(H,29,34). The topological polar surface area (TPSA) is 183 Å². The Balaban J connectivity index is 1.86. The first kappa shape index (κ1) is 32.7. The van der Waals surface area contributed by atoms with E-state index in [1.807, 2.05) is 10.8 Å². The van der Waals surface area contributed by atoms with Gasteiger partial charge in [0.25, 0.3) is 5.91 Å². The number of unbranched alkanes of at least 4 members (excludes halogenated alkanes) is 3. The number of hydrogen-bond acceptors (Lipinski definition) is 9. The first-order valence-electron chi connectivity index (χ1n) is 13.2. The molecule has 222 valence electrons. The second-order valence-electron chi connectivity index (χ2n) is 11.3. The van der Waals surface area contributed by atoms with E-state index < -0.39 is 57.4 Å². The van der Waals surface area contributed by atoms with Gasteiger partial charge in [-0.15, -0.1) is 0 Å². The molecular weight excluding hydrogens is 530 g/mol. The number of amides is 3. The van der Waals surface area contributed by atoms with Crippen LogP contribution in [0.2, 0.25) is 0 Å². The average molecular weight is 574 g/mol. The molecule has 1 aliphatic carbocycles. The summed E-state index contributed by atoms with van der Waals surface area (Å²) in [6, 6.07) is -1.29. The molecule has 1 aliphatic heterocycles. The smallest absolute Gasteiger partial charge is 0.408 e. The van der Waals surface area contributed by atoms with E-state index in [2.05, 4.69) is 16.0 Å². The van der Waals surface area contributed by atoms with E-state index in [1.54, 1.807) is 26.8 Å². The summed E-state index contributed by atoms with van der Waals surface area (Å²) in [5, 5.41) is 17.9. The number of allylic oxidation sites excluding steroid dienone is 1. The molecule has 1 heterocycles. The van der Waals surface area contributed by atoms with Crippen molar-refractivity contribution in [3.05, 3.63) is 12.2 Å². The van der Waals surface area contributed by atoms with Crippen LogP contribution in [0.3, 0.4) is 0 Å². The number of hydrogen-bond donors (Lipinski definition) is 5. The Bertz CT molecular complexity index is 1030. The van der Waals surface area contributed by atoms with Crippen molar-refractivity contribution < 1.29 is 37.4 Å². The van der Waals surface area contributed by atoms with Gasteiger partial charge in [0.15, 0.2) is 0 Å². The molecule has 0 radical (unpaired) electrons. The number of β-amino-alcohol motifs (C(OH)–C–C–N with tert-alkyl or cyclic N) is 1. The number of carbonyl (C=O) groups excluding carboxylic acids is 4. The van der Waals surface area contributed by atoms with Gasteiger partial charge in [-0.05, 0) is 52.9 Å². The highest BCUT2D eigenvalue weighted by atomic mass is 32.2. The second-order valence-corrected chi connectivity index (χ2v) is 13.2. The van der Waals surface area contributed by atoms with Crippen LogP contribution in [0.25, 0.3) is 0 Å². The third-order valence-electron chi connectivity index (χ3n) is 6.51. The zero-order valence-electron chi connectivity index (χ0n) is 23.4. The minimum Gasteiger partial charge on any atom is -0.444 e. The molecule has 1 saturated heterocycles. The van der Waals surface area contributed by atoms with Crippen LogP contribution in [0.15, 0.2) is 12.2 Å². The molecule has 5 unspecified atom stereocenters. The summed E-state index contributed by atoms with van der Waals surface area (Å²) >= 11 is 0. The minimum absolute atomic E-state index is 0.207. The Labute approximate surface area is 230 Å². The van der Waals surface area contributed by atoms with Crippen molar-refractivity contribution in [2.45, 2.75) is 95.0 Å². The summed E-state index contributed by atoms with van der Waals surface area (Å²) in [5.41, 5.74) is -2.04. The normalized spacial score (nSPS) is 25.8. The lowest BCUT2D eigenvalue weighted by atomic mass is 10.1. The van der Waals surface area contributed by atoms with Gasteiger partial charge >= 0.3 is 16.3 Å². The van der Waals surface area contributed by atoms with E-state index in [-0.39, 0.29) is 25.3 Å². The summed E-state index contributed by atoms with van der Waals surface area (Å²) in [7, 11) is -1.46. The summed E-state index contributed by atoms with van der Waals surface area (Å²) < 4.78 is 32.5. The largest absolute Gasteiger partial charge is 0.444 e. The molecule has 0 aromatic heterocycles. The van der Waals surface area contributed by atoms with Crippen molar-refractivity contribution in [1.82, 2.24) is 25.0 Å². The van der Waals surface area contributed by atoms with Gasteiger partial charge in [0.2, 0.25) is 5.91 Å². The maximum Gasteiger partial charge on any atom is 0.408 e. The fourth-order valence-electron chi connectivity index (χ4n) is 4.20. The summed E-state index contributed by atoms with van der Waals surface area (Å²) in [6.45, 7) is 5.49. The van der Waals surface area contributed by atoms with Gasteiger partial charge in [-0.1, -0.05) is 25.0 Å². The van der Waals surface area contributed by atoms with E-state index in [9.17, 15) is 32.7 Å². The lowest BCUT2D eigenvalue weighted by Crippen LogP contribution is -2.56. The average Bonchev–Trinajstić information content (AvgIpc) is 3.33. The quantitative estimate of drug-likeness (QED) is 0.109. The number of ether oxygens (including phenoxy) is 1. The fraction of sp³-hybridized carbons (Fsp3) is 0.760. The molecule has 2 rings (SSSR count). The van der Waals surface area contributed by atoms with E-state index in [0.717, 1.165) is 17.1 Å². The Hall–Kier alpha value is -2.55. The predicted molar refractivity (Wildman–Crippen MR) is 144 cm³/mol. The monoisotopic (exact) mass is 573 g/mol. The molecule has 0 aromatic carbocycles. The molecule has 5 atom stereocenters. The SMILES string of the molecule is CN(C)S(=O)(=O)NC(=O)C1(NC(=O)C2CC(O)CN2)CC1C=CCCCCCC(C=O)NC(=O)OC(C)(C)C. The molecule has 14 heteroatoms. The summed E-state index contributed by atoms with van der Waals surface area (Å²) in [6.07, 6.45) is 7.01. The van der Waals surface area contributed by atoms with Gasteiger partial charge in [0.05, 0.1) is 18.2 Å². The lowest BCUT2D eigenvalue weighted by Gasteiger charge is -2.22. The first-order valence-corrected chi connectivity index (χ1v) is 14.6. The molecule has 13 nitrogen and oxygen atoms in total. The summed E-state index contributed by atoms with van der Waals surface area (Å²) in [5.74, 6) is -1.66. The van der Waals surface area contributed by atoms with Crippen LogP contribution >= 0.6 is 0 Å². The molecule has 1 saturated carbocycles. The van der Waals surface area contributed by atoms with Crippen LogP contribution < -0.4 is 20.7 Å². The Morgan fingerprint density at radius 3 is 2.46 bits per heavy atom. The Morgan fingerprint density at radius 1 is 1.21 bits per heavy atom. The number of aliphatic hydroxyl groups is 1. The van der Waals surface area contributed by atoms with Crippen molar-refractivity contribution in [3.63, 3.8) is 0 Å². The van der Waals surface area contributed by atoms with Gasteiger partial charge in [-0.25, -0.2) is 9.52 Å². The van der Waals surface area contributed by atoms with E-state index in [0.29, 0.717) is 25.5 Å². The molecule has 0 spiro atoms. The molecule has 5 N–H and O–H groups in total. The minimum atomic E-state index is -4.05. The van der Waals surface area contributed by atoms with Crippen LogP contribution in [-0.4, -0.2) is 92.0 Å².